The van der Waals surface area contributed by atoms with Crippen LogP contribution in [0.4, 0.5) is 0 Å². The molecule has 0 aromatic carbocycles. The first-order valence-corrected chi connectivity index (χ1v) is 9.22. The van der Waals surface area contributed by atoms with Crippen LogP contribution in [0.5, 0.6) is 0 Å². The summed E-state index contributed by atoms with van der Waals surface area (Å²) in [6.07, 6.45) is 2.39. The molecule has 1 saturated heterocycles. The number of nitrogens with zero attached hydrogens (tertiary/aromatic N) is 6. The molecule has 8 heteroatoms. The molecule has 4 rings (SSSR count). The summed E-state index contributed by atoms with van der Waals surface area (Å²) >= 11 is 0. The van der Waals surface area contributed by atoms with Crippen LogP contribution in [0.3, 0.4) is 0 Å². The fraction of sp³-hybridized carbons (Fsp3) is 0.765. The molecule has 25 heavy (non-hydrogen) atoms. The highest BCUT2D eigenvalue weighted by Gasteiger charge is 2.31. The normalized spacial score (nSPS) is 21.1. The van der Waals surface area contributed by atoms with Gasteiger partial charge < -0.3 is 8.94 Å². The van der Waals surface area contributed by atoms with E-state index < -0.39 is 0 Å². The third kappa shape index (κ3) is 3.74. The largest absolute Gasteiger partial charge is 0.424 e. The molecular weight excluding hydrogens is 320 g/mol. The molecule has 1 atom stereocenters. The number of rotatable bonds is 6. The Labute approximate surface area is 147 Å². The van der Waals surface area contributed by atoms with Gasteiger partial charge in [-0.3, -0.25) is 9.80 Å². The Balaban J connectivity index is 1.29. The number of aromatic nitrogens is 4. The number of piperazine rings is 1. The first kappa shape index (κ1) is 16.7. The van der Waals surface area contributed by atoms with Gasteiger partial charge in [-0.15, -0.1) is 10.2 Å². The maximum absolute atomic E-state index is 5.71. The van der Waals surface area contributed by atoms with Gasteiger partial charge in [0.2, 0.25) is 17.7 Å². The second-order valence-electron chi connectivity index (χ2n) is 7.44. The topological polar surface area (TPSA) is 84.3 Å². The highest BCUT2D eigenvalue weighted by molar-refractivity contribution is 5.05. The van der Waals surface area contributed by atoms with Gasteiger partial charge in [0.25, 0.3) is 0 Å². The summed E-state index contributed by atoms with van der Waals surface area (Å²) in [4.78, 5) is 9.34. The minimum absolute atomic E-state index is 0.165. The molecule has 0 bridgehead atoms. The Morgan fingerprint density at radius 3 is 2.44 bits per heavy atom. The van der Waals surface area contributed by atoms with E-state index in [9.17, 15) is 0 Å². The number of hydrogen-bond acceptors (Lipinski definition) is 8. The van der Waals surface area contributed by atoms with Gasteiger partial charge in [-0.1, -0.05) is 19.0 Å². The van der Waals surface area contributed by atoms with Crippen molar-refractivity contribution in [3.63, 3.8) is 0 Å². The van der Waals surface area contributed by atoms with Gasteiger partial charge in [0.15, 0.2) is 5.82 Å². The zero-order chi connectivity index (χ0) is 17.4. The Morgan fingerprint density at radius 2 is 1.80 bits per heavy atom. The van der Waals surface area contributed by atoms with Crippen molar-refractivity contribution in [2.24, 2.45) is 0 Å². The van der Waals surface area contributed by atoms with Crippen LogP contribution >= 0.6 is 0 Å². The van der Waals surface area contributed by atoms with Crippen LogP contribution in [0.2, 0.25) is 0 Å². The van der Waals surface area contributed by atoms with Gasteiger partial charge in [-0.05, 0) is 19.8 Å². The van der Waals surface area contributed by atoms with E-state index in [4.69, 9.17) is 8.94 Å². The Kier molecular flexibility index (Phi) is 4.56. The third-order valence-corrected chi connectivity index (χ3v) is 5.05. The van der Waals surface area contributed by atoms with Gasteiger partial charge in [0.05, 0.1) is 12.6 Å². The lowest BCUT2D eigenvalue weighted by Gasteiger charge is -2.36. The molecule has 2 aliphatic rings. The summed E-state index contributed by atoms with van der Waals surface area (Å²) in [5.41, 5.74) is 0. The average Bonchev–Trinajstić information content (AvgIpc) is 3.16. The van der Waals surface area contributed by atoms with Crippen LogP contribution < -0.4 is 0 Å². The van der Waals surface area contributed by atoms with Crippen LogP contribution in [-0.2, 0) is 6.54 Å². The van der Waals surface area contributed by atoms with Crippen molar-refractivity contribution in [2.45, 2.75) is 58.0 Å². The van der Waals surface area contributed by atoms with Crippen LogP contribution in [0.15, 0.2) is 8.94 Å². The van der Waals surface area contributed by atoms with Crippen molar-refractivity contribution in [1.82, 2.24) is 30.1 Å². The minimum atomic E-state index is 0.165. The molecule has 0 spiro atoms. The summed E-state index contributed by atoms with van der Waals surface area (Å²) in [7, 11) is 0. The molecule has 0 amide bonds. The first-order chi connectivity index (χ1) is 12.1. The summed E-state index contributed by atoms with van der Waals surface area (Å²) < 4.78 is 11.2. The molecule has 1 aliphatic carbocycles. The maximum Gasteiger partial charge on any atom is 0.243 e. The monoisotopic (exact) mass is 346 g/mol. The Hall–Kier alpha value is -1.80. The van der Waals surface area contributed by atoms with E-state index in [1.54, 1.807) is 0 Å². The Bertz CT molecular complexity index is 700. The minimum Gasteiger partial charge on any atom is -0.424 e. The molecule has 0 unspecified atom stereocenters. The van der Waals surface area contributed by atoms with Crippen LogP contribution in [0.25, 0.3) is 0 Å². The van der Waals surface area contributed by atoms with Crippen molar-refractivity contribution >= 4 is 0 Å². The molecule has 2 aromatic heterocycles. The molecule has 3 heterocycles. The van der Waals surface area contributed by atoms with E-state index in [1.807, 2.05) is 0 Å². The second kappa shape index (κ2) is 6.84. The zero-order valence-electron chi connectivity index (χ0n) is 15.2. The van der Waals surface area contributed by atoms with Crippen molar-refractivity contribution in [3.8, 4) is 0 Å². The molecular formula is C17H26N6O2. The quantitative estimate of drug-likeness (QED) is 0.788. The van der Waals surface area contributed by atoms with E-state index in [-0.39, 0.29) is 12.0 Å². The molecule has 1 saturated carbocycles. The van der Waals surface area contributed by atoms with Crippen LogP contribution in [-0.4, -0.2) is 56.3 Å². The summed E-state index contributed by atoms with van der Waals surface area (Å²) in [5.74, 6) is 3.86. The molecule has 0 radical (unpaired) electrons. The van der Waals surface area contributed by atoms with E-state index in [0.717, 1.165) is 37.9 Å². The fourth-order valence-electron chi connectivity index (χ4n) is 3.14. The van der Waals surface area contributed by atoms with Crippen LogP contribution in [0, 0.1) is 0 Å². The highest BCUT2D eigenvalue weighted by Crippen LogP contribution is 2.38. The van der Waals surface area contributed by atoms with Gasteiger partial charge >= 0.3 is 0 Å². The zero-order valence-corrected chi connectivity index (χ0v) is 15.2. The third-order valence-electron chi connectivity index (χ3n) is 5.05. The van der Waals surface area contributed by atoms with Crippen LogP contribution in [0.1, 0.15) is 75.0 Å². The molecule has 1 aliphatic heterocycles. The van der Waals surface area contributed by atoms with Gasteiger partial charge in [0.1, 0.15) is 0 Å². The molecule has 8 nitrogen and oxygen atoms in total. The highest BCUT2D eigenvalue weighted by atomic mass is 16.5. The summed E-state index contributed by atoms with van der Waals surface area (Å²) in [6, 6.07) is 0.165. The lowest BCUT2D eigenvalue weighted by molar-refractivity contribution is 0.0795. The van der Waals surface area contributed by atoms with E-state index in [0.29, 0.717) is 24.2 Å². The van der Waals surface area contributed by atoms with Gasteiger partial charge in [0, 0.05) is 38.0 Å². The Morgan fingerprint density at radius 1 is 1.04 bits per heavy atom. The molecule has 2 fully saturated rings. The second-order valence-corrected chi connectivity index (χ2v) is 7.44. The van der Waals surface area contributed by atoms with Crippen molar-refractivity contribution < 1.29 is 8.94 Å². The SMILES string of the molecule is CC(C)c1nnc(CN2CCN([C@H](C)c3nc(C4CC4)no3)CC2)o1. The molecule has 0 N–H and O–H groups in total. The van der Waals surface area contributed by atoms with Crippen molar-refractivity contribution in [2.75, 3.05) is 26.2 Å². The summed E-state index contributed by atoms with van der Waals surface area (Å²) in [5, 5.41) is 12.4. The predicted molar refractivity (Wildman–Crippen MR) is 89.9 cm³/mol. The summed E-state index contributed by atoms with van der Waals surface area (Å²) in [6.45, 7) is 10.8. The average molecular weight is 346 g/mol. The first-order valence-electron chi connectivity index (χ1n) is 9.22. The molecule has 2 aromatic rings. The van der Waals surface area contributed by atoms with Gasteiger partial charge in [-0.25, -0.2) is 0 Å². The van der Waals surface area contributed by atoms with Crippen molar-refractivity contribution in [3.05, 3.63) is 23.5 Å². The lowest BCUT2D eigenvalue weighted by Crippen LogP contribution is -2.46. The van der Waals surface area contributed by atoms with E-state index in [1.165, 1.54) is 12.8 Å². The maximum atomic E-state index is 5.71. The fourth-order valence-corrected chi connectivity index (χ4v) is 3.14. The van der Waals surface area contributed by atoms with E-state index >= 15 is 0 Å². The predicted octanol–water partition coefficient (Wildman–Crippen LogP) is 2.33. The number of hydrogen-bond donors (Lipinski definition) is 0. The van der Waals surface area contributed by atoms with Gasteiger partial charge in [-0.2, -0.15) is 4.98 Å². The molecule has 136 valence electrons. The van der Waals surface area contributed by atoms with E-state index in [2.05, 4.69) is 50.9 Å². The lowest BCUT2D eigenvalue weighted by atomic mass is 10.2. The standard InChI is InChI=1S/C17H26N6O2/c1-11(2)16-20-19-14(24-16)10-22-6-8-23(9-7-22)12(3)17-18-15(21-25-17)13-4-5-13/h11-13H,4-10H2,1-3H3/t12-/m1/s1. The van der Waals surface area contributed by atoms with Crippen molar-refractivity contribution in [1.29, 1.82) is 0 Å². The smallest absolute Gasteiger partial charge is 0.243 e.